The summed E-state index contributed by atoms with van der Waals surface area (Å²) in [5.74, 6) is -0.990. The molecule has 15 heavy (non-hydrogen) atoms. The molecule has 2 aromatic rings. The van der Waals surface area contributed by atoms with Gasteiger partial charge in [0, 0.05) is 18.6 Å². The second kappa shape index (κ2) is 5.08. The summed E-state index contributed by atoms with van der Waals surface area (Å²) in [6, 6.07) is 3.64. The average molecular weight is 214 g/mol. The summed E-state index contributed by atoms with van der Waals surface area (Å²) in [6.45, 7) is 0. The summed E-state index contributed by atoms with van der Waals surface area (Å²) in [5, 5.41) is 8.79. The van der Waals surface area contributed by atoms with Crippen molar-refractivity contribution in [3.05, 3.63) is 35.7 Å². The number of aromatic carboxylic acids is 1. The normalized spacial score (nSPS) is 9.33. The van der Waals surface area contributed by atoms with Gasteiger partial charge in [-0.2, -0.15) is 0 Å². The molecule has 0 aromatic carbocycles. The van der Waals surface area contributed by atoms with Gasteiger partial charge >= 0.3 is 24.8 Å². The third-order valence-corrected chi connectivity index (χ3v) is 2.69. The third kappa shape index (κ3) is 2.66. The quantitative estimate of drug-likeness (QED) is 0.764. The number of hydrogen-bond donors (Lipinski definition) is 1. The molecule has 6 heteroatoms. The van der Waals surface area contributed by atoms with Gasteiger partial charge in [-0.3, -0.25) is 4.98 Å². The van der Waals surface area contributed by atoms with Crippen LogP contribution in [0.1, 0.15) is 9.80 Å². The van der Waals surface area contributed by atoms with Crippen LogP contribution in [0.2, 0.25) is 0 Å². The molecule has 0 bridgehead atoms. The molecule has 0 aliphatic heterocycles. The number of thiazole rings is 1. The van der Waals surface area contributed by atoms with Gasteiger partial charge in [0.15, 0.2) is 0 Å². The Morgan fingerprint density at radius 1 is 1.33 bits per heavy atom. The Hall–Kier alpha value is -1.15. The van der Waals surface area contributed by atoms with Crippen LogP contribution in [0.5, 0.6) is 0 Å². The van der Waals surface area contributed by atoms with E-state index in [0.717, 1.165) is 21.8 Å². The third-order valence-electron chi connectivity index (χ3n) is 1.65. The molecule has 0 saturated heterocycles. The molecule has 0 amide bonds. The summed E-state index contributed by atoms with van der Waals surface area (Å²) >= 11 is 1.16. The van der Waals surface area contributed by atoms with Crippen molar-refractivity contribution in [3.8, 4) is 10.4 Å². The number of carboxylic acid groups (broad SMARTS) is 1. The minimum absolute atomic E-state index is 0. The fourth-order valence-electron chi connectivity index (χ4n) is 1.02. The van der Waals surface area contributed by atoms with Crippen molar-refractivity contribution < 1.29 is 9.90 Å². The van der Waals surface area contributed by atoms with E-state index >= 15 is 0 Å². The van der Waals surface area contributed by atoms with Gasteiger partial charge in [0.2, 0.25) is 5.01 Å². The molecule has 1 N–H and O–H groups in total. The Morgan fingerprint density at radius 2 is 2.00 bits per heavy atom. The molecule has 2 rings (SSSR count). The fraction of sp³-hybridized carbons (Fsp3) is 0. The summed E-state index contributed by atoms with van der Waals surface area (Å²) in [6.07, 6.45) is 4.88. The van der Waals surface area contributed by atoms with E-state index in [2.05, 4.69) is 9.97 Å². The van der Waals surface area contributed by atoms with E-state index in [0.29, 0.717) is 0 Å². The maximum absolute atomic E-state index is 10.6. The zero-order valence-corrected chi connectivity index (χ0v) is 7.86. The van der Waals surface area contributed by atoms with Crippen LogP contribution in [0.4, 0.5) is 0 Å². The molecule has 0 fully saturated rings. The standard InChI is InChI=1S/C9H6N2O2S.Li.H/c12-9(13)8-11-5-7(14-8)6-1-3-10-4-2-6;;/h1-5H,(H,12,13);;. The van der Waals surface area contributed by atoms with Gasteiger partial charge in [-0.15, -0.1) is 11.3 Å². The number of rotatable bonds is 2. The van der Waals surface area contributed by atoms with Gasteiger partial charge in [-0.1, -0.05) is 0 Å². The van der Waals surface area contributed by atoms with Crippen LogP contribution in [0.3, 0.4) is 0 Å². The molecule has 2 heterocycles. The summed E-state index contributed by atoms with van der Waals surface area (Å²) < 4.78 is 0. The van der Waals surface area contributed by atoms with E-state index in [9.17, 15) is 4.79 Å². The van der Waals surface area contributed by atoms with Crippen molar-refractivity contribution >= 4 is 36.2 Å². The van der Waals surface area contributed by atoms with Crippen molar-refractivity contribution in [2.24, 2.45) is 0 Å². The molecule has 0 saturated carbocycles. The zero-order valence-electron chi connectivity index (χ0n) is 7.04. The summed E-state index contributed by atoms with van der Waals surface area (Å²) in [7, 11) is 0. The van der Waals surface area contributed by atoms with Gasteiger partial charge in [-0.25, -0.2) is 9.78 Å². The zero-order chi connectivity index (χ0) is 9.97. The Bertz CT molecular complexity index is 458. The molecule has 0 aliphatic carbocycles. The molecule has 0 unspecified atom stereocenters. The first-order valence-corrected chi connectivity index (χ1v) is 4.68. The molecule has 0 aliphatic rings. The van der Waals surface area contributed by atoms with Crippen LogP contribution in [0.15, 0.2) is 30.7 Å². The van der Waals surface area contributed by atoms with E-state index in [1.54, 1.807) is 18.6 Å². The molecule has 0 atom stereocenters. The van der Waals surface area contributed by atoms with Gasteiger partial charge in [0.25, 0.3) is 0 Å². The van der Waals surface area contributed by atoms with E-state index in [4.69, 9.17) is 5.11 Å². The van der Waals surface area contributed by atoms with Crippen LogP contribution in [-0.4, -0.2) is 39.9 Å². The second-order valence-electron chi connectivity index (χ2n) is 2.57. The molecular formula is C9H7LiN2O2S. The molecule has 72 valence electrons. The number of nitrogens with zero attached hydrogens (tertiary/aromatic N) is 2. The van der Waals surface area contributed by atoms with Gasteiger partial charge in [0.05, 0.1) is 4.88 Å². The predicted octanol–water partition coefficient (Wildman–Crippen LogP) is 1.25. The number of hydrogen-bond acceptors (Lipinski definition) is 4. The van der Waals surface area contributed by atoms with Crippen molar-refractivity contribution in [2.45, 2.75) is 0 Å². The van der Waals surface area contributed by atoms with E-state index in [1.165, 1.54) is 0 Å². The van der Waals surface area contributed by atoms with E-state index < -0.39 is 5.97 Å². The number of aromatic nitrogens is 2. The average Bonchev–Trinajstić information content (AvgIpc) is 2.68. The van der Waals surface area contributed by atoms with E-state index in [-0.39, 0.29) is 23.9 Å². The molecule has 2 aromatic heterocycles. The van der Waals surface area contributed by atoms with Gasteiger partial charge < -0.3 is 5.11 Å². The van der Waals surface area contributed by atoms with Crippen LogP contribution in [0.25, 0.3) is 10.4 Å². The van der Waals surface area contributed by atoms with E-state index in [1.807, 2.05) is 12.1 Å². The van der Waals surface area contributed by atoms with Crippen LogP contribution in [0, 0.1) is 0 Å². The van der Waals surface area contributed by atoms with Crippen LogP contribution < -0.4 is 0 Å². The van der Waals surface area contributed by atoms with Gasteiger partial charge in [0.1, 0.15) is 0 Å². The van der Waals surface area contributed by atoms with Crippen molar-refractivity contribution in [3.63, 3.8) is 0 Å². The predicted molar refractivity (Wildman–Crippen MR) is 59.5 cm³/mol. The van der Waals surface area contributed by atoms with Crippen molar-refractivity contribution in [1.29, 1.82) is 0 Å². The maximum atomic E-state index is 10.6. The topological polar surface area (TPSA) is 63.1 Å². The first-order valence-electron chi connectivity index (χ1n) is 3.87. The number of carbonyl (C=O) groups is 1. The van der Waals surface area contributed by atoms with Crippen molar-refractivity contribution in [2.75, 3.05) is 0 Å². The molecule has 0 spiro atoms. The van der Waals surface area contributed by atoms with Crippen LogP contribution in [-0.2, 0) is 0 Å². The van der Waals surface area contributed by atoms with Gasteiger partial charge in [-0.05, 0) is 17.7 Å². The Kier molecular flexibility index (Phi) is 4.03. The molecular weight excluding hydrogens is 207 g/mol. The minimum atomic E-state index is -0.990. The SMILES string of the molecule is O=C(O)c1ncc(-c2ccncc2)s1.[LiH]. The molecule has 0 radical (unpaired) electrons. The summed E-state index contributed by atoms with van der Waals surface area (Å²) in [5.41, 5.74) is 0.935. The van der Waals surface area contributed by atoms with Crippen LogP contribution >= 0.6 is 11.3 Å². The second-order valence-corrected chi connectivity index (χ2v) is 3.60. The van der Waals surface area contributed by atoms with Crippen molar-refractivity contribution in [1.82, 2.24) is 9.97 Å². The summed E-state index contributed by atoms with van der Waals surface area (Å²) in [4.78, 5) is 19.1. The Labute approximate surface area is 102 Å². The monoisotopic (exact) mass is 214 g/mol. The Balaban J connectivity index is 0.00000112. The Morgan fingerprint density at radius 3 is 2.53 bits per heavy atom. The number of carboxylic acids is 1. The first kappa shape index (κ1) is 11.9. The first-order chi connectivity index (χ1) is 6.77. The number of pyridine rings is 1. The fourth-order valence-corrected chi connectivity index (χ4v) is 1.78. The molecule has 4 nitrogen and oxygen atoms in total.